The molecule has 1 atom stereocenters. The number of H-pyrrole nitrogens is 1. The van der Waals surface area contributed by atoms with Crippen LogP contribution >= 0.6 is 0 Å². The van der Waals surface area contributed by atoms with Gasteiger partial charge in [-0.2, -0.15) is 4.98 Å². The first kappa shape index (κ1) is 26.4. The molecule has 1 unspecified atom stereocenters. The van der Waals surface area contributed by atoms with E-state index in [0.29, 0.717) is 24.7 Å². The predicted molar refractivity (Wildman–Crippen MR) is 146 cm³/mol. The summed E-state index contributed by atoms with van der Waals surface area (Å²) < 4.78 is 1.59. The molecule has 2 aromatic heterocycles. The summed E-state index contributed by atoms with van der Waals surface area (Å²) in [5.74, 6) is 0.458. The van der Waals surface area contributed by atoms with Gasteiger partial charge < -0.3 is 32.0 Å². The first-order valence-corrected chi connectivity index (χ1v) is 12.8. The zero-order chi connectivity index (χ0) is 26.2. The fourth-order valence-corrected chi connectivity index (χ4v) is 4.74. The minimum absolute atomic E-state index is 0.000674. The van der Waals surface area contributed by atoms with Crippen molar-refractivity contribution in [2.24, 2.45) is 16.5 Å². The molecule has 0 saturated carbocycles. The van der Waals surface area contributed by atoms with Crippen molar-refractivity contribution >= 4 is 22.9 Å². The lowest BCUT2D eigenvalue weighted by Crippen LogP contribution is -2.39. The summed E-state index contributed by atoms with van der Waals surface area (Å²) in [5, 5.41) is 7.15. The van der Waals surface area contributed by atoms with E-state index in [2.05, 4.69) is 36.6 Å². The largest absolute Gasteiger partial charge is 0.370 e. The molecule has 1 aliphatic heterocycles. The van der Waals surface area contributed by atoms with Crippen molar-refractivity contribution in [1.29, 1.82) is 0 Å². The van der Waals surface area contributed by atoms with Gasteiger partial charge in [-0.15, -0.1) is 0 Å². The van der Waals surface area contributed by atoms with Crippen molar-refractivity contribution in [2.75, 3.05) is 39.3 Å². The van der Waals surface area contributed by atoms with E-state index in [1.165, 1.54) is 0 Å². The summed E-state index contributed by atoms with van der Waals surface area (Å²) in [7, 11) is 0. The Hall–Kier alpha value is -3.70. The van der Waals surface area contributed by atoms with Crippen molar-refractivity contribution in [3.05, 3.63) is 58.3 Å². The SMILES string of the molecule is CC(=O)NCCN1CCCC(c2cc3cn(-c4ccc(CNCCCN=C(N)N)cc4)c(=O)nc3[nH]2)C1. The van der Waals surface area contributed by atoms with Gasteiger partial charge in [0.1, 0.15) is 5.65 Å². The summed E-state index contributed by atoms with van der Waals surface area (Å²) in [5.41, 5.74) is 14.0. The average Bonchev–Trinajstić information content (AvgIpc) is 3.29. The van der Waals surface area contributed by atoms with E-state index in [0.717, 1.165) is 74.3 Å². The predicted octanol–water partition coefficient (Wildman–Crippen LogP) is 0.782. The number of rotatable bonds is 11. The van der Waals surface area contributed by atoms with Gasteiger partial charge in [-0.25, -0.2) is 4.79 Å². The fourth-order valence-electron chi connectivity index (χ4n) is 4.74. The number of carbonyl (C=O) groups is 1. The molecule has 0 spiro atoms. The Morgan fingerprint density at radius 2 is 2.05 bits per heavy atom. The van der Waals surface area contributed by atoms with Crippen molar-refractivity contribution in [1.82, 2.24) is 30.1 Å². The second kappa shape index (κ2) is 12.5. The van der Waals surface area contributed by atoms with Gasteiger partial charge in [-0.1, -0.05) is 12.1 Å². The molecule has 7 N–H and O–H groups in total. The van der Waals surface area contributed by atoms with Gasteiger partial charge in [0.15, 0.2) is 5.96 Å². The van der Waals surface area contributed by atoms with Crippen molar-refractivity contribution in [3.63, 3.8) is 0 Å². The molecule has 4 rings (SSSR count). The van der Waals surface area contributed by atoms with Crippen molar-refractivity contribution in [3.8, 4) is 5.69 Å². The Morgan fingerprint density at radius 1 is 1.24 bits per heavy atom. The molecule has 3 heterocycles. The summed E-state index contributed by atoms with van der Waals surface area (Å²) >= 11 is 0. The van der Waals surface area contributed by atoms with Gasteiger partial charge in [-0.05, 0) is 56.1 Å². The number of aromatic nitrogens is 3. The van der Waals surface area contributed by atoms with E-state index in [-0.39, 0.29) is 17.6 Å². The van der Waals surface area contributed by atoms with E-state index in [4.69, 9.17) is 11.5 Å². The molecule has 1 aliphatic rings. The van der Waals surface area contributed by atoms with Crippen LogP contribution in [0, 0.1) is 0 Å². The Kier molecular flexibility index (Phi) is 8.91. The minimum atomic E-state index is -0.313. The number of nitrogens with zero attached hydrogens (tertiary/aromatic N) is 4. The number of fused-ring (bicyclic) bond motifs is 1. The summed E-state index contributed by atoms with van der Waals surface area (Å²) in [6.07, 6.45) is 4.89. The van der Waals surface area contributed by atoms with Gasteiger partial charge in [0, 0.05) is 62.8 Å². The van der Waals surface area contributed by atoms with Gasteiger partial charge >= 0.3 is 5.69 Å². The molecule has 1 amide bonds. The lowest BCUT2D eigenvalue weighted by Gasteiger charge is -2.32. The number of likely N-dealkylation sites (tertiary alicyclic amines) is 1. The number of carbonyl (C=O) groups excluding carboxylic acids is 1. The van der Waals surface area contributed by atoms with E-state index in [1.54, 1.807) is 11.5 Å². The third kappa shape index (κ3) is 7.40. The quantitative estimate of drug-likeness (QED) is 0.146. The van der Waals surface area contributed by atoms with Gasteiger partial charge in [0.25, 0.3) is 0 Å². The standard InChI is InChI=1S/C26H37N9O2/c1-18(36)30-11-13-34-12-2-4-20(16-34)23-14-21-17-35(26(37)33-24(21)32-23)22-7-5-19(6-8-22)15-29-9-3-10-31-25(27)28/h5-8,14,17,20,29H,2-4,9-13,15-16H2,1H3,(H,30,36)(H4,27,28,31)(H,32,33,37). The highest BCUT2D eigenvalue weighted by molar-refractivity contribution is 5.76. The van der Waals surface area contributed by atoms with Crippen LogP contribution in [-0.2, 0) is 11.3 Å². The maximum Gasteiger partial charge on any atom is 0.354 e. The van der Waals surface area contributed by atoms with Crippen molar-refractivity contribution < 1.29 is 4.79 Å². The number of aromatic amines is 1. The third-order valence-electron chi connectivity index (χ3n) is 6.63. The molecule has 198 valence electrons. The number of benzene rings is 1. The van der Waals surface area contributed by atoms with Crippen LogP contribution in [0.2, 0.25) is 0 Å². The second-order valence-corrected chi connectivity index (χ2v) is 9.55. The van der Waals surface area contributed by atoms with Crippen molar-refractivity contribution in [2.45, 2.75) is 38.6 Å². The molecule has 11 nitrogen and oxygen atoms in total. The van der Waals surface area contributed by atoms with E-state index >= 15 is 0 Å². The molecule has 1 fully saturated rings. The molecule has 0 aliphatic carbocycles. The Balaban J connectivity index is 1.39. The zero-order valence-electron chi connectivity index (χ0n) is 21.4. The Morgan fingerprint density at radius 3 is 2.81 bits per heavy atom. The molecule has 0 bridgehead atoms. The lowest BCUT2D eigenvalue weighted by atomic mass is 9.95. The number of piperidine rings is 1. The molecule has 3 aromatic rings. The number of aliphatic imine (C=N–C) groups is 1. The summed E-state index contributed by atoms with van der Waals surface area (Å²) in [6.45, 7) is 7.11. The number of nitrogens with one attached hydrogen (secondary N) is 3. The Bertz CT molecular complexity index is 1280. The van der Waals surface area contributed by atoms with Gasteiger partial charge in [-0.3, -0.25) is 14.4 Å². The molecule has 1 aromatic carbocycles. The monoisotopic (exact) mass is 507 g/mol. The topological polar surface area (TPSA) is 159 Å². The van der Waals surface area contributed by atoms with Crippen LogP contribution in [0.15, 0.2) is 46.3 Å². The van der Waals surface area contributed by atoms with Crippen LogP contribution in [0.1, 0.15) is 43.4 Å². The van der Waals surface area contributed by atoms with Crippen LogP contribution in [0.5, 0.6) is 0 Å². The smallest absolute Gasteiger partial charge is 0.354 e. The highest BCUT2D eigenvalue weighted by atomic mass is 16.1. The summed E-state index contributed by atoms with van der Waals surface area (Å²) in [6, 6.07) is 10.0. The molecule has 37 heavy (non-hydrogen) atoms. The molecular formula is C26H37N9O2. The number of hydrogen-bond acceptors (Lipinski definition) is 6. The molecule has 1 saturated heterocycles. The van der Waals surface area contributed by atoms with E-state index < -0.39 is 0 Å². The number of hydrogen-bond donors (Lipinski definition) is 5. The number of nitrogens with two attached hydrogens (primary N) is 2. The van der Waals surface area contributed by atoms with Crippen LogP contribution in [-0.4, -0.2) is 70.6 Å². The first-order valence-electron chi connectivity index (χ1n) is 12.8. The van der Waals surface area contributed by atoms with Crippen LogP contribution in [0.25, 0.3) is 16.7 Å². The zero-order valence-corrected chi connectivity index (χ0v) is 21.4. The molecular weight excluding hydrogens is 470 g/mol. The highest BCUT2D eigenvalue weighted by Crippen LogP contribution is 2.28. The van der Waals surface area contributed by atoms with Crippen LogP contribution in [0.3, 0.4) is 0 Å². The average molecular weight is 508 g/mol. The van der Waals surface area contributed by atoms with Gasteiger partial charge in [0.2, 0.25) is 5.91 Å². The van der Waals surface area contributed by atoms with Crippen LogP contribution in [0.4, 0.5) is 0 Å². The molecule has 0 radical (unpaired) electrons. The lowest BCUT2D eigenvalue weighted by molar-refractivity contribution is -0.119. The maximum atomic E-state index is 12.8. The highest BCUT2D eigenvalue weighted by Gasteiger charge is 2.23. The maximum absolute atomic E-state index is 12.8. The van der Waals surface area contributed by atoms with Crippen LogP contribution < -0.4 is 27.8 Å². The van der Waals surface area contributed by atoms with Gasteiger partial charge in [0.05, 0.1) is 5.69 Å². The summed E-state index contributed by atoms with van der Waals surface area (Å²) in [4.78, 5) is 38.0. The molecule has 11 heteroatoms. The minimum Gasteiger partial charge on any atom is -0.370 e. The Labute approximate surface area is 216 Å². The number of guanidine groups is 1. The second-order valence-electron chi connectivity index (χ2n) is 9.55. The fraction of sp³-hybridized carbons (Fsp3) is 0.462. The van der Waals surface area contributed by atoms with E-state index in [1.807, 2.05) is 30.5 Å². The van der Waals surface area contributed by atoms with E-state index in [9.17, 15) is 9.59 Å². The third-order valence-corrected chi connectivity index (χ3v) is 6.63. The normalized spacial score (nSPS) is 16.1. The first-order chi connectivity index (χ1) is 17.9. The number of amides is 1.